The Bertz CT molecular complexity index is 1810. The fraction of sp³-hybridized carbons (Fsp3) is 0.457. The highest BCUT2D eigenvalue weighted by molar-refractivity contribution is 5.98. The van der Waals surface area contributed by atoms with E-state index in [0.717, 1.165) is 32.1 Å². The zero-order valence-electron chi connectivity index (χ0n) is 29.7. The van der Waals surface area contributed by atoms with Gasteiger partial charge in [0.15, 0.2) is 0 Å². The van der Waals surface area contributed by atoms with Crippen LogP contribution in [0.4, 0.5) is 0 Å². The van der Waals surface area contributed by atoms with Crippen LogP contribution in [0.1, 0.15) is 124 Å². The molecule has 0 fully saturated rings. The molecule has 0 aromatic heterocycles. The van der Waals surface area contributed by atoms with Gasteiger partial charge in [0.25, 0.3) is 0 Å². The smallest absolute Gasteiger partial charge is 0.309 e. The maximum Gasteiger partial charge on any atom is 0.309 e. The Morgan fingerprint density at radius 1 is 0.480 bits per heavy atom. The number of esters is 1. The van der Waals surface area contributed by atoms with Crippen molar-refractivity contribution in [2.45, 2.75) is 124 Å². The van der Waals surface area contributed by atoms with Crippen LogP contribution in [-0.2, 0) is 19.1 Å². The van der Waals surface area contributed by atoms with Crippen molar-refractivity contribution in [2.24, 2.45) is 5.92 Å². The number of rotatable bonds is 20. The molecule has 4 heteroatoms. The van der Waals surface area contributed by atoms with Crippen LogP contribution in [-0.4, -0.2) is 24.1 Å². The Kier molecular flexibility index (Phi) is 31.5. The molecule has 0 aliphatic carbocycles. The molecule has 0 rings (SSSR count). The summed E-state index contributed by atoms with van der Waals surface area (Å²) in [6, 6.07) is 0. The number of ether oxygens (including phenoxy) is 1. The van der Waals surface area contributed by atoms with Gasteiger partial charge >= 0.3 is 5.97 Å². The van der Waals surface area contributed by atoms with Crippen LogP contribution >= 0.6 is 0 Å². The maximum absolute atomic E-state index is 12.4. The van der Waals surface area contributed by atoms with E-state index in [4.69, 9.17) is 4.74 Å². The quantitative estimate of drug-likeness (QED) is 0.0638. The van der Waals surface area contributed by atoms with Gasteiger partial charge in [-0.05, 0) is 134 Å². The fourth-order valence-corrected chi connectivity index (χ4v) is 4.21. The van der Waals surface area contributed by atoms with Crippen LogP contribution in [0.25, 0.3) is 0 Å². The van der Waals surface area contributed by atoms with Crippen molar-refractivity contribution < 1.29 is 19.1 Å². The third-order valence-electron chi connectivity index (χ3n) is 6.63. The second-order valence-corrected chi connectivity index (χ2v) is 10.7. The van der Waals surface area contributed by atoms with Gasteiger partial charge in [-0.3, -0.25) is 14.4 Å². The molecule has 0 saturated heterocycles. The van der Waals surface area contributed by atoms with E-state index in [1.165, 1.54) is 44.9 Å². The minimum absolute atomic E-state index is 0.0391. The second-order valence-electron chi connectivity index (χ2n) is 10.7. The first-order valence-electron chi connectivity index (χ1n) is 17.2. The lowest BCUT2D eigenvalue weighted by atomic mass is 9.95. The standard InChI is InChI=1S/C46H44O4/c1-4-7-9-11-13-15-16-17-18-19-20-21-22-23-24-25-26-28-30-32-36-41-45(48)42-43(46(49)50-6-3)38-34-33-37-40-44(47)39-35-31-29-27-14-12-10-8-5-2/h43H,5-6,8,10,12,14,27,29,31,33-35,37-40,42H2,1-3H3/t43-/m1/s1. The lowest BCUT2D eigenvalue weighted by Gasteiger charge is -2.13. The summed E-state index contributed by atoms with van der Waals surface area (Å²) < 4.78 is 5.16. The van der Waals surface area contributed by atoms with Crippen LogP contribution in [0, 0.1) is 136 Å². The predicted octanol–water partition coefficient (Wildman–Crippen LogP) is 6.62. The van der Waals surface area contributed by atoms with E-state index in [0.29, 0.717) is 25.0 Å². The van der Waals surface area contributed by atoms with E-state index < -0.39 is 17.7 Å². The molecule has 0 heterocycles. The van der Waals surface area contributed by atoms with Crippen LogP contribution in [0.3, 0.4) is 0 Å². The van der Waals surface area contributed by atoms with Gasteiger partial charge in [-0.15, -0.1) is 0 Å². The van der Waals surface area contributed by atoms with Crippen molar-refractivity contribution in [3.63, 3.8) is 0 Å². The summed E-state index contributed by atoms with van der Waals surface area (Å²) in [6.45, 7) is 5.89. The summed E-state index contributed by atoms with van der Waals surface area (Å²) in [4.78, 5) is 37.0. The topological polar surface area (TPSA) is 60.4 Å². The van der Waals surface area contributed by atoms with Gasteiger partial charge in [0, 0.05) is 42.9 Å². The van der Waals surface area contributed by atoms with Gasteiger partial charge in [0.1, 0.15) is 5.78 Å². The van der Waals surface area contributed by atoms with Crippen LogP contribution in [0.5, 0.6) is 0 Å². The minimum Gasteiger partial charge on any atom is -0.466 e. The minimum atomic E-state index is -0.569. The van der Waals surface area contributed by atoms with Crippen molar-refractivity contribution in [2.75, 3.05) is 6.61 Å². The molecular weight excluding hydrogens is 617 g/mol. The molecule has 0 aromatic rings. The van der Waals surface area contributed by atoms with Crippen molar-refractivity contribution >= 4 is 17.5 Å². The Balaban J connectivity index is 4.51. The number of carbonyl (C=O) groups is 3. The lowest BCUT2D eigenvalue weighted by molar-refractivity contribution is -0.149. The average molecular weight is 661 g/mol. The Morgan fingerprint density at radius 2 is 0.860 bits per heavy atom. The lowest BCUT2D eigenvalue weighted by Crippen LogP contribution is -2.20. The molecule has 50 heavy (non-hydrogen) atoms. The van der Waals surface area contributed by atoms with Gasteiger partial charge in [-0.25, -0.2) is 0 Å². The van der Waals surface area contributed by atoms with E-state index in [9.17, 15) is 14.4 Å². The molecule has 1 atom stereocenters. The third kappa shape index (κ3) is 31.9. The van der Waals surface area contributed by atoms with E-state index >= 15 is 0 Å². The maximum atomic E-state index is 12.4. The number of hydrogen-bond acceptors (Lipinski definition) is 4. The van der Waals surface area contributed by atoms with Crippen molar-refractivity contribution in [3.8, 4) is 130 Å². The fourth-order valence-electron chi connectivity index (χ4n) is 4.21. The molecule has 0 unspecified atom stereocenters. The third-order valence-corrected chi connectivity index (χ3v) is 6.63. The summed E-state index contributed by atoms with van der Waals surface area (Å²) in [7, 11) is 0. The molecule has 0 aliphatic rings. The number of hydrogen-bond donors (Lipinski definition) is 0. The molecule has 0 aliphatic heterocycles. The predicted molar refractivity (Wildman–Crippen MR) is 201 cm³/mol. The van der Waals surface area contributed by atoms with E-state index in [-0.39, 0.29) is 13.0 Å². The first-order chi connectivity index (χ1) is 24.5. The van der Waals surface area contributed by atoms with Gasteiger partial charge in [-0.1, -0.05) is 77.1 Å². The Morgan fingerprint density at radius 3 is 1.28 bits per heavy atom. The summed E-state index contributed by atoms with van der Waals surface area (Å²) in [5.41, 5.74) is 0. The van der Waals surface area contributed by atoms with Crippen molar-refractivity contribution in [1.29, 1.82) is 0 Å². The number of unbranched alkanes of at least 4 members (excludes halogenated alkanes) is 10. The summed E-state index contributed by atoms with van der Waals surface area (Å²) in [5, 5.41) is 0. The van der Waals surface area contributed by atoms with Gasteiger partial charge in [-0.2, -0.15) is 0 Å². The highest BCUT2D eigenvalue weighted by Gasteiger charge is 2.22. The molecule has 0 spiro atoms. The zero-order valence-corrected chi connectivity index (χ0v) is 29.7. The van der Waals surface area contributed by atoms with Crippen LogP contribution < -0.4 is 0 Å². The summed E-state index contributed by atoms with van der Waals surface area (Å²) in [5.74, 6) is 54.1. The van der Waals surface area contributed by atoms with E-state index in [1.54, 1.807) is 13.8 Å². The number of carbonyl (C=O) groups excluding carboxylic acids is 3. The summed E-state index contributed by atoms with van der Waals surface area (Å²) in [6.07, 6.45) is 15.2. The van der Waals surface area contributed by atoms with Crippen LogP contribution in [0.2, 0.25) is 0 Å². The summed E-state index contributed by atoms with van der Waals surface area (Å²) >= 11 is 0. The second kappa shape index (κ2) is 35.8. The highest BCUT2D eigenvalue weighted by atomic mass is 16.5. The van der Waals surface area contributed by atoms with Gasteiger partial charge in [0.05, 0.1) is 12.5 Å². The van der Waals surface area contributed by atoms with E-state index in [2.05, 4.69) is 137 Å². The molecular formula is C46H44O4. The number of Topliss-reactive ketones (excluding diaryl/α,β-unsaturated/α-hetero) is 2. The first-order valence-corrected chi connectivity index (χ1v) is 17.2. The van der Waals surface area contributed by atoms with Gasteiger partial charge < -0.3 is 4.74 Å². The highest BCUT2D eigenvalue weighted by Crippen LogP contribution is 2.18. The zero-order chi connectivity index (χ0) is 36.6. The molecule has 252 valence electrons. The largest absolute Gasteiger partial charge is 0.466 e. The van der Waals surface area contributed by atoms with Gasteiger partial charge in [0.2, 0.25) is 5.78 Å². The van der Waals surface area contributed by atoms with Crippen molar-refractivity contribution in [3.05, 3.63) is 0 Å². The number of ketones is 2. The molecule has 0 saturated carbocycles. The molecule has 0 bridgehead atoms. The Hall–Kier alpha value is -6.03. The molecule has 4 nitrogen and oxygen atoms in total. The first kappa shape index (κ1) is 44.0. The molecule has 0 aromatic carbocycles. The van der Waals surface area contributed by atoms with E-state index in [1.807, 2.05) is 0 Å². The van der Waals surface area contributed by atoms with Crippen LogP contribution in [0.15, 0.2) is 0 Å². The normalized spacial score (nSPS) is 8.46. The average Bonchev–Trinajstić information content (AvgIpc) is 3.11. The molecule has 0 amide bonds. The molecule has 0 radical (unpaired) electrons. The SMILES string of the molecule is CC#CC#CC#CC#CC#CC#CC#CC#CC#CC#CC#CC(=O)C[C@@H](CCCCCC(=O)CCCCCCCCCCC)C(=O)OCC. The van der Waals surface area contributed by atoms with Crippen molar-refractivity contribution in [1.82, 2.24) is 0 Å². The molecule has 0 N–H and O–H groups in total. The monoisotopic (exact) mass is 660 g/mol. The Labute approximate surface area is 302 Å².